The van der Waals surface area contributed by atoms with Gasteiger partial charge < -0.3 is 10.2 Å². The number of carbonyl (C=O) groups is 1. The maximum Gasteiger partial charge on any atom is 0.273 e. The molecule has 22 heavy (non-hydrogen) atoms. The van der Waals surface area contributed by atoms with Crippen molar-refractivity contribution in [2.45, 2.75) is 13.0 Å². The van der Waals surface area contributed by atoms with Crippen molar-refractivity contribution in [2.24, 2.45) is 0 Å². The predicted octanol–water partition coefficient (Wildman–Crippen LogP) is 2.65. The Bertz CT molecular complexity index is 671. The zero-order valence-electron chi connectivity index (χ0n) is 12.7. The number of aromatic nitrogens is 2. The Morgan fingerprint density at radius 1 is 1.50 bits per heavy atom. The van der Waals surface area contributed by atoms with Crippen LogP contribution in [0.25, 0.3) is 0 Å². The fourth-order valence-electron chi connectivity index (χ4n) is 2.15. The molecule has 1 heterocycles. The highest BCUT2D eigenvalue weighted by Gasteiger charge is 2.19. The second kappa shape index (κ2) is 7.02. The standard InChI is InChI=1S/C15H18BrFN4O/c1-9-13(16)14(20-19-9)15(22)18-8-12(21(2)3)10-5-4-6-11(17)7-10/h4-7,12H,8H2,1-3H3,(H,18,22)(H,19,20). The summed E-state index contributed by atoms with van der Waals surface area (Å²) in [5.41, 5.74) is 1.91. The van der Waals surface area contributed by atoms with Gasteiger partial charge in [-0.25, -0.2) is 4.39 Å². The number of nitrogens with zero attached hydrogens (tertiary/aromatic N) is 2. The van der Waals surface area contributed by atoms with Crippen molar-refractivity contribution in [2.75, 3.05) is 20.6 Å². The third-order valence-corrected chi connectivity index (χ3v) is 4.37. The molecular weight excluding hydrogens is 351 g/mol. The highest BCUT2D eigenvalue weighted by molar-refractivity contribution is 9.10. The number of benzene rings is 1. The summed E-state index contributed by atoms with van der Waals surface area (Å²) >= 11 is 3.33. The third kappa shape index (κ3) is 3.72. The van der Waals surface area contributed by atoms with E-state index in [1.807, 2.05) is 32.0 Å². The first-order chi connectivity index (χ1) is 10.4. The van der Waals surface area contributed by atoms with Gasteiger partial charge in [-0.2, -0.15) is 5.10 Å². The van der Waals surface area contributed by atoms with E-state index < -0.39 is 0 Å². The number of H-pyrrole nitrogens is 1. The zero-order chi connectivity index (χ0) is 16.3. The van der Waals surface area contributed by atoms with Gasteiger partial charge in [0.15, 0.2) is 5.69 Å². The van der Waals surface area contributed by atoms with Crippen LogP contribution in [-0.4, -0.2) is 41.6 Å². The van der Waals surface area contributed by atoms with Crippen molar-refractivity contribution in [3.05, 3.63) is 51.5 Å². The maximum atomic E-state index is 13.4. The molecule has 0 spiro atoms. The summed E-state index contributed by atoms with van der Waals surface area (Å²) < 4.78 is 14.0. The first kappa shape index (κ1) is 16.6. The van der Waals surface area contributed by atoms with Gasteiger partial charge in [-0.05, 0) is 54.6 Å². The number of nitrogens with one attached hydrogen (secondary N) is 2. The van der Waals surface area contributed by atoms with Crippen LogP contribution < -0.4 is 5.32 Å². The number of hydrogen-bond donors (Lipinski definition) is 2. The van der Waals surface area contributed by atoms with Crippen LogP contribution in [0.4, 0.5) is 4.39 Å². The minimum atomic E-state index is -0.290. The number of amides is 1. The number of halogens is 2. The molecule has 1 atom stereocenters. The van der Waals surface area contributed by atoms with Crippen LogP contribution in [0.3, 0.4) is 0 Å². The molecule has 0 saturated heterocycles. The molecule has 7 heteroatoms. The highest BCUT2D eigenvalue weighted by Crippen LogP contribution is 2.20. The van der Waals surface area contributed by atoms with E-state index in [0.29, 0.717) is 16.7 Å². The molecule has 118 valence electrons. The van der Waals surface area contributed by atoms with Crippen LogP contribution >= 0.6 is 15.9 Å². The molecule has 0 aliphatic rings. The van der Waals surface area contributed by atoms with E-state index in [1.165, 1.54) is 12.1 Å². The highest BCUT2D eigenvalue weighted by atomic mass is 79.9. The van der Waals surface area contributed by atoms with E-state index in [2.05, 4.69) is 31.4 Å². The molecule has 0 aliphatic heterocycles. The van der Waals surface area contributed by atoms with Crippen molar-refractivity contribution >= 4 is 21.8 Å². The molecule has 0 fully saturated rings. The van der Waals surface area contributed by atoms with E-state index in [0.717, 1.165) is 11.3 Å². The number of aryl methyl sites for hydroxylation is 1. The summed E-state index contributed by atoms with van der Waals surface area (Å²) in [4.78, 5) is 14.1. The number of hydrogen-bond acceptors (Lipinski definition) is 3. The molecule has 0 radical (unpaired) electrons. The van der Waals surface area contributed by atoms with E-state index in [-0.39, 0.29) is 17.8 Å². The molecule has 1 aromatic carbocycles. The van der Waals surface area contributed by atoms with Crippen molar-refractivity contribution in [1.29, 1.82) is 0 Å². The quantitative estimate of drug-likeness (QED) is 0.852. The van der Waals surface area contributed by atoms with Gasteiger partial charge in [0.2, 0.25) is 0 Å². The Balaban J connectivity index is 2.10. The average Bonchev–Trinajstić information content (AvgIpc) is 2.79. The fourth-order valence-corrected chi connectivity index (χ4v) is 2.51. The van der Waals surface area contributed by atoms with Gasteiger partial charge in [0.1, 0.15) is 5.82 Å². The SMILES string of the molecule is Cc1[nH]nc(C(=O)NCC(c2cccc(F)c2)N(C)C)c1Br. The minimum Gasteiger partial charge on any atom is -0.349 e. The third-order valence-electron chi connectivity index (χ3n) is 3.40. The molecule has 5 nitrogen and oxygen atoms in total. The molecule has 1 unspecified atom stereocenters. The second-order valence-corrected chi connectivity index (χ2v) is 6.05. The van der Waals surface area contributed by atoms with Crippen molar-refractivity contribution in [3.8, 4) is 0 Å². The van der Waals surface area contributed by atoms with E-state index >= 15 is 0 Å². The first-order valence-electron chi connectivity index (χ1n) is 6.80. The smallest absolute Gasteiger partial charge is 0.273 e. The summed E-state index contributed by atoms with van der Waals surface area (Å²) in [6.45, 7) is 2.18. The Kier molecular flexibility index (Phi) is 5.31. The van der Waals surface area contributed by atoms with Crippen molar-refractivity contribution in [3.63, 3.8) is 0 Å². The van der Waals surface area contributed by atoms with Gasteiger partial charge in [0, 0.05) is 12.2 Å². The lowest BCUT2D eigenvalue weighted by atomic mass is 10.1. The van der Waals surface area contributed by atoms with Crippen molar-refractivity contribution < 1.29 is 9.18 Å². The number of aromatic amines is 1. The molecule has 1 amide bonds. The summed E-state index contributed by atoms with van der Waals surface area (Å²) in [5.74, 6) is -0.569. The molecule has 1 aromatic heterocycles. The van der Waals surface area contributed by atoms with Crippen LogP contribution in [0.2, 0.25) is 0 Å². The summed E-state index contributed by atoms with van der Waals surface area (Å²) in [6, 6.07) is 6.26. The van der Waals surface area contributed by atoms with Crippen LogP contribution in [0.15, 0.2) is 28.7 Å². The molecule has 0 bridgehead atoms. The molecule has 0 aliphatic carbocycles. The van der Waals surface area contributed by atoms with E-state index in [4.69, 9.17) is 0 Å². The van der Waals surface area contributed by atoms with Crippen LogP contribution in [0, 0.1) is 12.7 Å². The lowest BCUT2D eigenvalue weighted by Gasteiger charge is -2.25. The van der Waals surface area contributed by atoms with Crippen LogP contribution in [0.1, 0.15) is 27.8 Å². The van der Waals surface area contributed by atoms with E-state index in [9.17, 15) is 9.18 Å². The first-order valence-corrected chi connectivity index (χ1v) is 7.60. The van der Waals surface area contributed by atoms with Gasteiger partial charge in [-0.15, -0.1) is 0 Å². The normalized spacial score (nSPS) is 12.5. The predicted molar refractivity (Wildman–Crippen MR) is 86.2 cm³/mol. The Morgan fingerprint density at radius 2 is 2.23 bits per heavy atom. The topological polar surface area (TPSA) is 61.0 Å². The fraction of sp³-hybridized carbons (Fsp3) is 0.333. The lowest BCUT2D eigenvalue weighted by molar-refractivity contribution is 0.0936. The number of carbonyl (C=O) groups excluding carboxylic acids is 1. The van der Waals surface area contributed by atoms with Gasteiger partial charge >= 0.3 is 0 Å². The van der Waals surface area contributed by atoms with Crippen LogP contribution in [-0.2, 0) is 0 Å². The molecule has 0 saturated carbocycles. The summed E-state index contributed by atoms with van der Waals surface area (Å²) in [5, 5.41) is 9.55. The number of likely N-dealkylation sites (N-methyl/N-ethyl adjacent to an activating group) is 1. The van der Waals surface area contributed by atoms with E-state index in [1.54, 1.807) is 6.07 Å². The van der Waals surface area contributed by atoms with Crippen molar-refractivity contribution in [1.82, 2.24) is 20.4 Å². The average molecular weight is 369 g/mol. The molecular formula is C15H18BrFN4O. The largest absolute Gasteiger partial charge is 0.349 e. The van der Waals surface area contributed by atoms with Gasteiger partial charge in [-0.1, -0.05) is 12.1 Å². The Morgan fingerprint density at radius 3 is 2.77 bits per heavy atom. The zero-order valence-corrected chi connectivity index (χ0v) is 14.2. The van der Waals surface area contributed by atoms with Gasteiger partial charge in [0.05, 0.1) is 10.5 Å². The second-order valence-electron chi connectivity index (χ2n) is 5.26. The number of rotatable bonds is 5. The monoisotopic (exact) mass is 368 g/mol. The summed E-state index contributed by atoms with van der Waals surface area (Å²) in [7, 11) is 3.77. The summed E-state index contributed by atoms with van der Waals surface area (Å²) in [6.07, 6.45) is 0. The maximum absolute atomic E-state index is 13.4. The Hall–Kier alpha value is -1.73. The lowest BCUT2D eigenvalue weighted by Crippen LogP contribution is -2.34. The molecule has 2 rings (SSSR count). The van der Waals surface area contributed by atoms with Gasteiger partial charge in [0.25, 0.3) is 5.91 Å². The minimum absolute atomic E-state index is 0.126. The van der Waals surface area contributed by atoms with Crippen LogP contribution in [0.5, 0.6) is 0 Å². The van der Waals surface area contributed by atoms with Gasteiger partial charge in [-0.3, -0.25) is 9.89 Å². The Labute approximate surface area is 137 Å². The molecule has 2 aromatic rings. The molecule has 2 N–H and O–H groups in total.